The zero-order chi connectivity index (χ0) is 18.5. The van der Waals surface area contributed by atoms with Crippen molar-refractivity contribution < 1.29 is 13.2 Å². The first-order valence-electron chi connectivity index (χ1n) is 8.09. The maximum Gasteiger partial charge on any atom is 0.240 e. The van der Waals surface area contributed by atoms with Crippen molar-refractivity contribution in [3.05, 3.63) is 65.7 Å². The molecule has 6 heteroatoms. The number of aryl methyl sites for hydroxylation is 1. The summed E-state index contributed by atoms with van der Waals surface area (Å²) >= 11 is 0. The van der Waals surface area contributed by atoms with Crippen molar-refractivity contribution in [2.45, 2.75) is 32.2 Å². The topological polar surface area (TPSA) is 75.3 Å². The van der Waals surface area contributed by atoms with E-state index in [0.29, 0.717) is 6.54 Å². The largest absolute Gasteiger partial charge is 0.352 e. The van der Waals surface area contributed by atoms with Crippen molar-refractivity contribution in [2.24, 2.45) is 5.41 Å². The number of carbonyl (C=O) groups excluding carboxylic acids is 1. The van der Waals surface area contributed by atoms with Crippen LogP contribution in [0, 0.1) is 12.3 Å². The van der Waals surface area contributed by atoms with Gasteiger partial charge in [0.25, 0.3) is 0 Å². The Morgan fingerprint density at radius 3 is 2.20 bits per heavy atom. The lowest BCUT2D eigenvalue weighted by Crippen LogP contribution is -2.44. The van der Waals surface area contributed by atoms with Gasteiger partial charge in [0.15, 0.2) is 0 Å². The third-order valence-electron chi connectivity index (χ3n) is 3.95. The van der Waals surface area contributed by atoms with Crippen LogP contribution in [0.25, 0.3) is 0 Å². The second kappa shape index (κ2) is 7.80. The molecule has 2 aromatic carbocycles. The molecule has 5 nitrogen and oxygen atoms in total. The molecule has 0 fully saturated rings. The van der Waals surface area contributed by atoms with Crippen molar-refractivity contribution in [1.29, 1.82) is 0 Å². The van der Waals surface area contributed by atoms with Gasteiger partial charge in [-0.1, -0.05) is 48.0 Å². The number of rotatable bonds is 7. The molecule has 2 aromatic rings. The molecule has 0 bridgehead atoms. The van der Waals surface area contributed by atoms with E-state index in [9.17, 15) is 13.2 Å². The second-order valence-corrected chi connectivity index (χ2v) is 8.46. The molecule has 2 rings (SSSR count). The first-order chi connectivity index (χ1) is 11.7. The summed E-state index contributed by atoms with van der Waals surface area (Å²) in [4.78, 5) is 12.6. The van der Waals surface area contributed by atoms with Crippen molar-refractivity contribution in [2.75, 3.05) is 6.54 Å². The molecule has 0 spiro atoms. The smallest absolute Gasteiger partial charge is 0.240 e. The van der Waals surface area contributed by atoms with E-state index in [-0.39, 0.29) is 17.3 Å². The van der Waals surface area contributed by atoms with Crippen LogP contribution in [0.3, 0.4) is 0 Å². The number of sulfonamides is 1. The Morgan fingerprint density at radius 2 is 1.60 bits per heavy atom. The van der Waals surface area contributed by atoms with Crippen molar-refractivity contribution in [3.63, 3.8) is 0 Å². The summed E-state index contributed by atoms with van der Waals surface area (Å²) in [6, 6.07) is 16.2. The SMILES string of the molecule is Cc1ccc(S(=O)(=O)NCC(C)(C)C(=O)NCc2ccccc2)cc1. The molecular weight excluding hydrogens is 336 g/mol. The molecular formula is C19H24N2O3S. The molecule has 0 saturated carbocycles. The Kier molecular flexibility index (Phi) is 5.98. The van der Waals surface area contributed by atoms with E-state index < -0.39 is 15.4 Å². The highest BCUT2D eigenvalue weighted by molar-refractivity contribution is 7.89. The number of amides is 1. The normalized spacial score (nSPS) is 12.0. The highest BCUT2D eigenvalue weighted by Gasteiger charge is 2.29. The van der Waals surface area contributed by atoms with Gasteiger partial charge in [-0.25, -0.2) is 13.1 Å². The maximum atomic E-state index is 12.4. The van der Waals surface area contributed by atoms with Crippen LogP contribution >= 0.6 is 0 Å². The van der Waals surface area contributed by atoms with Crippen LogP contribution in [-0.2, 0) is 21.4 Å². The quantitative estimate of drug-likeness (QED) is 0.797. The first kappa shape index (κ1) is 19.1. The molecule has 0 unspecified atom stereocenters. The van der Waals surface area contributed by atoms with Gasteiger partial charge in [-0.2, -0.15) is 0 Å². The molecule has 134 valence electrons. The fraction of sp³-hybridized carbons (Fsp3) is 0.316. The number of carbonyl (C=O) groups is 1. The minimum atomic E-state index is -3.64. The standard InChI is InChI=1S/C19H24N2O3S/c1-15-9-11-17(12-10-15)25(23,24)21-14-19(2,3)18(22)20-13-16-7-5-4-6-8-16/h4-12,21H,13-14H2,1-3H3,(H,20,22). The number of benzene rings is 2. The Hall–Kier alpha value is -2.18. The van der Waals surface area contributed by atoms with Gasteiger partial charge in [0, 0.05) is 13.1 Å². The molecule has 1 amide bonds. The zero-order valence-corrected chi connectivity index (χ0v) is 15.6. The van der Waals surface area contributed by atoms with Crippen molar-refractivity contribution in [1.82, 2.24) is 10.0 Å². The minimum Gasteiger partial charge on any atom is -0.352 e. The van der Waals surface area contributed by atoms with E-state index in [2.05, 4.69) is 10.0 Å². The number of hydrogen-bond donors (Lipinski definition) is 2. The van der Waals surface area contributed by atoms with Gasteiger partial charge in [0.2, 0.25) is 15.9 Å². The predicted molar refractivity (Wildman–Crippen MR) is 98.4 cm³/mol. The Morgan fingerprint density at radius 1 is 1.00 bits per heavy atom. The van der Waals surface area contributed by atoms with Crippen LogP contribution in [0.15, 0.2) is 59.5 Å². The summed E-state index contributed by atoms with van der Waals surface area (Å²) in [7, 11) is -3.64. The highest BCUT2D eigenvalue weighted by atomic mass is 32.2. The van der Waals surface area contributed by atoms with Crippen LogP contribution in [0.4, 0.5) is 0 Å². The molecule has 2 N–H and O–H groups in total. The summed E-state index contributed by atoms with van der Waals surface area (Å²) in [6.45, 7) is 5.75. The second-order valence-electron chi connectivity index (χ2n) is 6.69. The third-order valence-corrected chi connectivity index (χ3v) is 5.36. The average Bonchev–Trinajstić information content (AvgIpc) is 2.59. The van der Waals surface area contributed by atoms with Crippen LogP contribution in [0.5, 0.6) is 0 Å². The van der Waals surface area contributed by atoms with Crippen LogP contribution in [-0.4, -0.2) is 20.9 Å². The molecule has 0 aromatic heterocycles. The van der Waals surface area contributed by atoms with Gasteiger partial charge in [0.1, 0.15) is 0 Å². The van der Waals surface area contributed by atoms with Crippen LogP contribution in [0.1, 0.15) is 25.0 Å². The third kappa shape index (κ3) is 5.41. The van der Waals surface area contributed by atoms with Gasteiger partial charge in [-0.15, -0.1) is 0 Å². The molecule has 0 saturated heterocycles. The van der Waals surface area contributed by atoms with Crippen LogP contribution < -0.4 is 10.0 Å². The summed E-state index contributed by atoms with van der Waals surface area (Å²) in [5.41, 5.74) is 1.11. The fourth-order valence-corrected chi connectivity index (χ4v) is 3.39. The molecule has 0 aliphatic heterocycles. The van der Waals surface area contributed by atoms with Gasteiger partial charge in [0.05, 0.1) is 10.3 Å². The van der Waals surface area contributed by atoms with Gasteiger partial charge in [-0.05, 0) is 38.5 Å². The zero-order valence-electron chi connectivity index (χ0n) is 14.7. The average molecular weight is 360 g/mol. The van der Waals surface area contributed by atoms with E-state index >= 15 is 0 Å². The number of nitrogens with one attached hydrogen (secondary N) is 2. The van der Waals surface area contributed by atoms with Gasteiger partial charge >= 0.3 is 0 Å². The van der Waals surface area contributed by atoms with E-state index in [1.54, 1.807) is 38.1 Å². The summed E-state index contributed by atoms with van der Waals surface area (Å²) in [5, 5.41) is 2.85. The van der Waals surface area contributed by atoms with Crippen LogP contribution in [0.2, 0.25) is 0 Å². The molecule has 0 heterocycles. The highest BCUT2D eigenvalue weighted by Crippen LogP contribution is 2.17. The lowest BCUT2D eigenvalue weighted by atomic mass is 9.92. The van der Waals surface area contributed by atoms with E-state index in [0.717, 1.165) is 11.1 Å². The van der Waals surface area contributed by atoms with E-state index in [4.69, 9.17) is 0 Å². The Labute approximate surface area is 149 Å². The maximum absolute atomic E-state index is 12.4. The summed E-state index contributed by atoms with van der Waals surface area (Å²) in [5.74, 6) is -0.206. The minimum absolute atomic E-state index is 0.0177. The van der Waals surface area contributed by atoms with Gasteiger partial charge < -0.3 is 5.32 Å². The Bertz CT molecular complexity index is 814. The Balaban J connectivity index is 1.95. The lowest BCUT2D eigenvalue weighted by Gasteiger charge is -2.24. The lowest BCUT2D eigenvalue weighted by molar-refractivity contribution is -0.129. The first-order valence-corrected chi connectivity index (χ1v) is 9.58. The fourth-order valence-electron chi connectivity index (χ4n) is 2.17. The number of hydrogen-bond acceptors (Lipinski definition) is 3. The molecule has 0 aliphatic carbocycles. The summed E-state index contributed by atoms with van der Waals surface area (Å²) < 4.78 is 27.2. The molecule has 0 radical (unpaired) electrons. The van der Waals surface area contributed by atoms with Crippen molar-refractivity contribution in [3.8, 4) is 0 Å². The molecule has 25 heavy (non-hydrogen) atoms. The van der Waals surface area contributed by atoms with E-state index in [1.165, 1.54) is 0 Å². The predicted octanol–water partition coefficient (Wildman–Crippen LogP) is 2.62. The summed E-state index contributed by atoms with van der Waals surface area (Å²) in [6.07, 6.45) is 0. The monoisotopic (exact) mass is 360 g/mol. The van der Waals surface area contributed by atoms with Gasteiger partial charge in [-0.3, -0.25) is 4.79 Å². The molecule has 0 aliphatic rings. The molecule has 0 atom stereocenters. The van der Waals surface area contributed by atoms with Crippen molar-refractivity contribution >= 4 is 15.9 Å². The van der Waals surface area contributed by atoms with E-state index in [1.807, 2.05) is 37.3 Å².